The molecule has 1 aromatic rings. The number of urea groups is 1. The molecule has 2 amide bonds. The number of rotatable bonds is 6. The Hall–Kier alpha value is -1.75. The first kappa shape index (κ1) is 17.3. The van der Waals surface area contributed by atoms with Crippen LogP contribution in [0.2, 0.25) is 5.02 Å². The van der Waals surface area contributed by atoms with Crippen molar-refractivity contribution in [1.82, 2.24) is 10.2 Å². The number of carboxylic acids is 1. The van der Waals surface area contributed by atoms with Gasteiger partial charge in [-0.2, -0.15) is 0 Å². The lowest BCUT2D eigenvalue weighted by molar-refractivity contribution is -0.137. The van der Waals surface area contributed by atoms with E-state index >= 15 is 0 Å². The van der Waals surface area contributed by atoms with Gasteiger partial charge in [0, 0.05) is 18.6 Å². The highest BCUT2D eigenvalue weighted by Gasteiger charge is 2.20. The van der Waals surface area contributed by atoms with E-state index in [1.807, 2.05) is 26.0 Å². The molecule has 0 heterocycles. The zero-order valence-corrected chi connectivity index (χ0v) is 13.2. The molecule has 116 valence electrons. The fourth-order valence-electron chi connectivity index (χ4n) is 1.91. The van der Waals surface area contributed by atoms with Crippen molar-refractivity contribution in [3.05, 3.63) is 34.9 Å². The summed E-state index contributed by atoms with van der Waals surface area (Å²) >= 11 is 5.87. The van der Waals surface area contributed by atoms with Crippen molar-refractivity contribution in [2.45, 2.75) is 26.3 Å². The summed E-state index contributed by atoms with van der Waals surface area (Å²) in [4.78, 5) is 24.0. The van der Waals surface area contributed by atoms with Crippen LogP contribution < -0.4 is 5.32 Å². The van der Waals surface area contributed by atoms with Crippen LogP contribution in [-0.2, 0) is 4.79 Å². The fraction of sp³-hybridized carbons (Fsp3) is 0.467. The Labute approximate surface area is 129 Å². The van der Waals surface area contributed by atoms with E-state index in [0.717, 1.165) is 5.56 Å². The summed E-state index contributed by atoms with van der Waals surface area (Å²) in [5.74, 6) is -0.726. The van der Waals surface area contributed by atoms with Crippen molar-refractivity contribution in [1.29, 1.82) is 0 Å². The van der Waals surface area contributed by atoms with Crippen LogP contribution in [0.3, 0.4) is 0 Å². The highest BCUT2D eigenvalue weighted by Crippen LogP contribution is 2.23. The van der Waals surface area contributed by atoms with Crippen LogP contribution in [0.1, 0.15) is 31.9 Å². The average molecular weight is 313 g/mol. The van der Waals surface area contributed by atoms with E-state index in [2.05, 4.69) is 5.32 Å². The maximum Gasteiger partial charge on any atom is 0.317 e. The molecular weight excluding hydrogens is 292 g/mol. The lowest BCUT2D eigenvalue weighted by atomic mass is 9.96. The number of benzene rings is 1. The zero-order chi connectivity index (χ0) is 16.0. The Morgan fingerprint density at radius 1 is 1.29 bits per heavy atom. The van der Waals surface area contributed by atoms with Crippen molar-refractivity contribution >= 4 is 23.6 Å². The third-order valence-electron chi connectivity index (χ3n) is 3.18. The number of halogens is 1. The molecule has 1 aromatic carbocycles. The Morgan fingerprint density at radius 3 is 2.33 bits per heavy atom. The first-order chi connectivity index (χ1) is 9.81. The van der Waals surface area contributed by atoms with E-state index in [4.69, 9.17) is 16.7 Å². The molecule has 0 aromatic heterocycles. The molecule has 0 saturated carbocycles. The van der Waals surface area contributed by atoms with Gasteiger partial charge in [0.1, 0.15) is 0 Å². The molecule has 1 unspecified atom stereocenters. The van der Waals surface area contributed by atoms with E-state index < -0.39 is 5.97 Å². The second-order valence-corrected chi connectivity index (χ2v) is 5.72. The second kappa shape index (κ2) is 7.88. The summed E-state index contributed by atoms with van der Waals surface area (Å²) < 4.78 is 0. The van der Waals surface area contributed by atoms with Gasteiger partial charge in [-0.3, -0.25) is 4.79 Å². The lowest BCUT2D eigenvalue weighted by Gasteiger charge is -2.26. The van der Waals surface area contributed by atoms with Gasteiger partial charge in [-0.1, -0.05) is 37.6 Å². The summed E-state index contributed by atoms with van der Waals surface area (Å²) in [7, 11) is 1.58. The van der Waals surface area contributed by atoms with Crippen molar-refractivity contribution in [3.63, 3.8) is 0 Å². The van der Waals surface area contributed by atoms with Gasteiger partial charge in [0.25, 0.3) is 0 Å². The molecule has 0 radical (unpaired) electrons. The summed E-state index contributed by atoms with van der Waals surface area (Å²) in [6, 6.07) is 6.89. The minimum atomic E-state index is -0.923. The summed E-state index contributed by atoms with van der Waals surface area (Å²) in [5, 5.41) is 12.2. The third kappa shape index (κ3) is 5.63. The molecule has 0 saturated heterocycles. The molecular formula is C15H21ClN2O3. The standard InChI is InChI=1S/C15H21ClN2O3/c1-10(2)14(11-4-6-12(16)7-5-11)17-15(21)18(3)9-8-13(19)20/h4-7,10,14H,8-9H2,1-3H3,(H,17,21)(H,19,20). The number of carboxylic acid groups (broad SMARTS) is 1. The van der Waals surface area contributed by atoms with E-state index in [9.17, 15) is 9.59 Å². The van der Waals surface area contributed by atoms with Gasteiger partial charge >= 0.3 is 12.0 Å². The van der Waals surface area contributed by atoms with Crippen LogP contribution >= 0.6 is 11.6 Å². The molecule has 0 aliphatic rings. The summed E-state index contributed by atoms with van der Waals surface area (Å²) in [6.45, 7) is 4.19. The van der Waals surface area contributed by atoms with Gasteiger partial charge < -0.3 is 15.3 Å². The number of hydrogen-bond acceptors (Lipinski definition) is 2. The molecule has 0 aliphatic heterocycles. The molecule has 0 aliphatic carbocycles. The van der Waals surface area contributed by atoms with E-state index in [1.54, 1.807) is 19.2 Å². The monoisotopic (exact) mass is 312 g/mol. The van der Waals surface area contributed by atoms with Crippen molar-refractivity contribution < 1.29 is 14.7 Å². The second-order valence-electron chi connectivity index (χ2n) is 5.29. The number of carbonyl (C=O) groups is 2. The minimum Gasteiger partial charge on any atom is -0.481 e. The summed E-state index contributed by atoms with van der Waals surface area (Å²) in [6.07, 6.45) is -0.0722. The maximum absolute atomic E-state index is 12.1. The van der Waals surface area contributed by atoms with Crippen LogP contribution in [0.15, 0.2) is 24.3 Å². The van der Waals surface area contributed by atoms with E-state index in [-0.39, 0.29) is 31.0 Å². The van der Waals surface area contributed by atoms with Gasteiger partial charge in [0.05, 0.1) is 12.5 Å². The Morgan fingerprint density at radius 2 is 1.86 bits per heavy atom. The first-order valence-corrected chi connectivity index (χ1v) is 7.18. The predicted molar refractivity (Wildman–Crippen MR) is 82.4 cm³/mol. The van der Waals surface area contributed by atoms with E-state index in [0.29, 0.717) is 5.02 Å². The van der Waals surface area contributed by atoms with Gasteiger partial charge in [0.15, 0.2) is 0 Å². The van der Waals surface area contributed by atoms with Crippen LogP contribution in [0.5, 0.6) is 0 Å². The molecule has 0 fully saturated rings. The minimum absolute atomic E-state index is 0.0722. The smallest absolute Gasteiger partial charge is 0.317 e. The third-order valence-corrected chi connectivity index (χ3v) is 3.43. The molecule has 6 heteroatoms. The van der Waals surface area contributed by atoms with Crippen LogP contribution in [-0.4, -0.2) is 35.6 Å². The molecule has 0 spiro atoms. The predicted octanol–water partition coefficient (Wildman–Crippen LogP) is 3.15. The zero-order valence-electron chi connectivity index (χ0n) is 12.5. The fourth-order valence-corrected chi connectivity index (χ4v) is 2.04. The highest BCUT2D eigenvalue weighted by atomic mass is 35.5. The number of amides is 2. The van der Waals surface area contributed by atoms with Crippen molar-refractivity contribution in [3.8, 4) is 0 Å². The van der Waals surface area contributed by atoms with Crippen LogP contribution in [0, 0.1) is 5.92 Å². The lowest BCUT2D eigenvalue weighted by Crippen LogP contribution is -2.41. The van der Waals surface area contributed by atoms with Gasteiger partial charge in [-0.25, -0.2) is 4.79 Å². The molecule has 5 nitrogen and oxygen atoms in total. The molecule has 1 atom stereocenters. The number of aliphatic carboxylic acids is 1. The summed E-state index contributed by atoms with van der Waals surface area (Å²) in [5.41, 5.74) is 0.967. The van der Waals surface area contributed by atoms with Gasteiger partial charge in [-0.05, 0) is 23.6 Å². The molecule has 1 rings (SSSR count). The number of nitrogens with zero attached hydrogens (tertiary/aromatic N) is 1. The van der Waals surface area contributed by atoms with Gasteiger partial charge in [-0.15, -0.1) is 0 Å². The molecule has 21 heavy (non-hydrogen) atoms. The van der Waals surface area contributed by atoms with Crippen molar-refractivity contribution in [2.24, 2.45) is 5.92 Å². The van der Waals surface area contributed by atoms with Crippen molar-refractivity contribution in [2.75, 3.05) is 13.6 Å². The quantitative estimate of drug-likeness (QED) is 0.847. The molecule has 2 N–H and O–H groups in total. The Bertz CT molecular complexity index is 488. The first-order valence-electron chi connectivity index (χ1n) is 6.80. The maximum atomic E-state index is 12.1. The SMILES string of the molecule is CC(C)C(NC(=O)N(C)CCC(=O)O)c1ccc(Cl)cc1. The topological polar surface area (TPSA) is 69.6 Å². The highest BCUT2D eigenvalue weighted by molar-refractivity contribution is 6.30. The van der Waals surface area contributed by atoms with Crippen LogP contribution in [0.25, 0.3) is 0 Å². The normalized spacial score (nSPS) is 12.0. The average Bonchev–Trinajstić information content (AvgIpc) is 2.42. The number of hydrogen-bond donors (Lipinski definition) is 2. The molecule has 0 bridgehead atoms. The van der Waals surface area contributed by atoms with E-state index in [1.165, 1.54) is 4.90 Å². The number of carbonyl (C=O) groups excluding carboxylic acids is 1. The van der Waals surface area contributed by atoms with Gasteiger partial charge in [0.2, 0.25) is 0 Å². The number of nitrogens with one attached hydrogen (secondary N) is 1. The van der Waals surface area contributed by atoms with Crippen LogP contribution in [0.4, 0.5) is 4.79 Å². The Balaban J connectivity index is 2.72. The Kier molecular flexibility index (Phi) is 6.49. The largest absolute Gasteiger partial charge is 0.481 e.